The van der Waals surface area contributed by atoms with Gasteiger partial charge in [0.1, 0.15) is 6.61 Å². The minimum atomic E-state index is -4.65. The van der Waals surface area contributed by atoms with Crippen molar-refractivity contribution in [3.05, 3.63) is 58.2 Å². The molecule has 0 spiro atoms. The van der Waals surface area contributed by atoms with E-state index in [-0.39, 0.29) is 25.2 Å². The number of ether oxygens (including phenoxy) is 1. The van der Waals surface area contributed by atoms with Gasteiger partial charge in [0.15, 0.2) is 0 Å². The molecule has 2 heterocycles. The van der Waals surface area contributed by atoms with Crippen LogP contribution in [0.1, 0.15) is 40.3 Å². The molecular formula is C19H19F3N4O2. The third-order valence-electron chi connectivity index (χ3n) is 4.53. The molecule has 148 valence electrons. The maximum Gasteiger partial charge on any atom is 0.453 e. The van der Waals surface area contributed by atoms with Gasteiger partial charge in [0.25, 0.3) is 11.6 Å². The van der Waals surface area contributed by atoms with Crippen molar-refractivity contribution in [2.45, 2.75) is 46.4 Å². The number of hydrogen-bond donors (Lipinski definition) is 0. The van der Waals surface area contributed by atoms with Gasteiger partial charge in [-0.15, -0.1) is 5.10 Å². The van der Waals surface area contributed by atoms with Crippen molar-refractivity contribution in [2.75, 3.05) is 0 Å². The van der Waals surface area contributed by atoms with E-state index in [2.05, 4.69) is 15.1 Å². The number of aromatic nitrogens is 4. The summed E-state index contributed by atoms with van der Waals surface area (Å²) in [7, 11) is 0. The molecular weight excluding hydrogens is 373 g/mol. The Morgan fingerprint density at radius 3 is 2.54 bits per heavy atom. The van der Waals surface area contributed by atoms with Crippen LogP contribution in [-0.2, 0) is 28.7 Å². The van der Waals surface area contributed by atoms with Crippen LogP contribution in [0.3, 0.4) is 0 Å². The van der Waals surface area contributed by atoms with Crippen LogP contribution in [0, 0.1) is 20.8 Å². The molecule has 0 aliphatic heterocycles. The maximum absolute atomic E-state index is 12.8. The first-order valence-electron chi connectivity index (χ1n) is 8.67. The smallest absolute Gasteiger partial charge is 0.453 e. The molecule has 0 saturated carbocycles. The summed E-state index contributed by atoms with van der Waals surface area (Å²) in [6, 6.07) is 7.60. The van der Waals surface area contributed by atoms with Gasteiger partial charge in [-0.3, -0.25) is 4.79 Å². The first kappa shape index (κ1) is 19.8. The summed E-state index contributed by atoms with van der Waals surface area (Å²) in [4.78, 5) is 19.6. The molecule has 0 fully saturated rings. The van der Waals surface area contributed by atoms with Gasteiger partial charge in [0.2, 0.25) is 0 Å². The SMILES string of the molecule is Cc1ccccc1COC(=O)CCc1c(C)nc2nc(C(F)(F)F)nn2c1C. The Kier molecular flexibility index (Phi) is 5.35. The highest BCUT2D eigenvalue weighted by atomic mass is 19.4. The minimum Gasteiger partial charge on any atom is -0.461 e. The number of hydrogen-bond acceptors (Lipinski definition) is 5. The van der Waals surface area contributed by atoms with Gasteiger partial charge in [-0.2, -0.15) is 18.2 Å². The third kappa shape index (κ3) is 4.13. The molecule has 0 N–H and O–H groups in total. The molecule has 3 rings (SSSR count). The largest absolute Gasteiger partial charge is 0.461 e. The maximum atomic E-state index is 12.8. The molecule has 3 aromatic rings. The topological polar surface area (TPSA) is 69.4 Å². The Morgan fingerprint density at radius 2 is 1.86 bits per heavy atom. The van der Waals surface area contributed by atoms with Crippen molar-refractivity contribution in [1.82, 2.24) is 19.6 Å². The molecule has 28 heavy (non-hydrogen) atoms. The Labute approximate surface area is 159 Å². The predicted molar refractivity (Wildman–Crippen MR) is 94.6 cm³/mol. The van der Waals surface area contributed by atoms with E-state index in [1.54, 1.807) is 13.8 Å². The fourth-order valence-electron chi connectivity index (χ4n) is 2.92. The molecule has 1 aromatic carbocycles. The summed E-state index contributed by atoms with van der Waals surface area (Å²) in [5.41, 5.74) is 3.59. The summed E-state index contributed by atoms with van der Waals surface area (Å²) < 4.78 is 44.9. The van der Waals surface area contributed by atoms with Gasteiger partial charge in [-0.25, -0.2) is 9.50 Å². The van der Waals surface area contributed by atoms with Crippen molar-refractivity contribution < 1.29 is 22.7 Å². The van der Waals surface area contributed by atoms with Crippen molar-refractivity contribution in [3.8, 4) is 0 Å². The average molecular weight is 392 g/mol. The Bertz CT molecular complexity index is 1030. The van der Waals surface area contributed by atoms with E-state index in [1.165, 1.54) is 0 Å². The number of alkyl halides is 3. The molecule has 0 bridgehead atoms. The number of rotatable bonds is 5. The van der Waals surface area contributed by atoms with Crippen molar-refractivity contribution in [2.24, 2.45) is 0 Å². The van der Waals surface area contributed by atoms with E-state index >= 15 is 0 Å². The first-order valence-corrected chi connectivity index (χ1v) is 8.67. The van der Waals surface area contributed by atoms with E-state index in [0.29, 0.717) is 17.0 Å². The van der Waals surface area contributed by atoms with Crippen LogP contribution in [-0.4, -0.2) is 25.6 Å². The summed E-state index contributed by atoms with van der Waals surface area (Å²) in [5, 5.41) is 3.50. The van der Waals surface area contributed by atoms with E-state index in [9.17, 15) is 18.0 Å². The van der Waals surface area contributed by atoms with Crippen molar-refractivity contribution in [3.63, 3.8) is 0 Å². The van der Waals surface area contributed by atoms with Crippen LogP contribution >= 0.6 is 0 Å². The van der Waals surface area contributed by atoms with Gasteiger partial charge in [-0.1, -0.05) is 24.3 Å². The molecule has 0 aliphatic rings. The molecule has 0 radical (unpaired) electrons. The fraction of sp³-hybridized carbons (Fsp3) is 0.368. The van der Waals surface area contributed by atoms with Crippen LogP contribution in [0.4, 0.5) is 13.2 Å². The molecule has 2 aromatic heterocycles. The Hall–Kier alpha value is -2.97. The summed E-state index contributed by atoms with van der Waals surface area (Å²) in [6.45, 7) is 5.41. The van der Waals surface area contributed by atoms with Crippen molar-refractivity contribution >= 4 is 11.7 Å². The second-order valence-electron chi connectivity index (χ2n) is 6.49. The average Bonchev–Trinajstić information content (AvgIpc) is 3.05. The highest BCUT2D eigenvalue weighted by molar-refractivity contribution is 5.70. The number of nitrogens with zero attached hydrogens (tertiary/aromatic N) is 4. The van der Waals surface area contributed by atoms with Crippen LogP contribution in [0.5, 0.6) is 0 Å². The summed E-state index contributed by atoms with van der Waals surface area (Å²) in [5.74, 6) is -1.75. The van der Waals surface area contributed by atoms with Gasteiger partial charge >= 0.3 is 12.1 Å². The number of carbonyl (C=O) groups excluding carboxylic acids is 1. The summed E-state index contributed by atoms with van der Waals surface area (Å²) in [6.07, 6.45) is -4.27. The predicted octanol–water partition coefficient (Wildman–Crippen LogP) is 3.74. The lowest BCUT2D eigenvalue weighted by atomic mass is 10.1. The second kappa shape index (κ2) is 7.57. The van der Waals surface area contributed by atoms with Crippen LogP contribution in [0.15, 0.2) is 24.3 Å². The van der Waals surface area contributed by atoms with Gasteiger partial charge < -0.3 is 4.74 Å². The van der Waals surface area contributed by atoms with Gasteiger partial charge in [0.05, 0.1) is 0 Å². The molecule has 0 aliphatic carbocycles. The fourth-order valence-corrected chi connectivity index (χ4v) is 2.92. The first-order chi connectivity index (χ1) is 13.2. The molecule has 0 unspecified atom stereocenters. The number of aryl methyl sites for hydroxylation is 3. The Balaban J connectivity index is 1.71. The van der Waals surface area contributed by atoms with Crippen LogP contribution in [0.25, 0.3) is 5.78 Å². The molecule has 0 saturated heterocycles. The monoisotopic (exact) mass is 392 g/mol. The standard InChI is InChI=1S/C19H19F3N4O2/c1-11-6-4-5-7-14(11)10-28-16(27)9-8-15-12(2)23-18-24-17(19(20,21)22)25-26(18)13(15)3/h4-7H,8-10H2,1-3H3. The molecule has 0 amide bonds. The highest BCUT2D eigenvalue weighted by Crippen LogP contribution is 2.27. The molecule has 0 atom stereocenters. The lowest BCUT2D eigenvalue weighted by Crippen LogP contribution is -2.11. The lowest BCUT2D eigenvalue weighted by Gasteiger charge is -2.11. The zero-order valence-corrected chi connectivity index (χ0v) is 15.7. The van der Waals surface area contributed by atoms with Gasteiger partial charge in [0, 0.05) is 17.8 Å². The number of fused-ring (bicyclic) bond motifs is 1. The number of carbonyl (C=O) groups is 1. The number of halogens is 3. The zero-order valence-electron chi connectivity index (χ0n) is 15.7. The number of benzene rings is 1. The van der Waals surface area contributed by atoms with Crippen molar-refractivity contribution in [1.29, 1.82) is 0 Å². The molecule has 6 nitrogen and oxygen atoms in total. The quantitative estimate of drug-likeness (QED) is 0.619. The van der Waals surface area contributed by atoms with E-state index in [0.717, 1.165) is 15.6 Å². The summed E-state index contributed by atoms with van der Waals surface area (Å²) >= 11 is 0. The van der Waals surface area contributed by atoms with E-state index in [1.807, 2.05) is 31.2 Å². The number of esters is 1. The van der Waals surface area contributed by atoms with Gasteiger partial charge in [-0.05, 0) is 43.9 Å². The second-order valence-corrected chi connectivity index (χ2v) is 6.49. The normalized spacial score (nSPS) is 11.8. The molecule has 9 heteroatoms. The highest BCUT2D eigenvalue weighted by Gasteiger charge is 2.36. The Morgan fingerprint density at radius 1 is 1.14 bits per heavy atom. The zero-order chi connectivity index (χ0) is 20.5. The van der Waals surface area contributed by atoms with E-state index < -0.39 is 18.0 Å². The van der Waals surface area contributed by atoms with Crippen LogP contribution in [0.2, 0.25) is 0 Å². The van der Waals surface area contributed by atoms with E-state index in [4.69, 9.17) is 4.74 Å². The minimum absolute atomic E-state index is 0.0849. The lowest BCUT2D eigenvalue weighted by molar-refractivity contribution is -0.145. The van der Waals surface area contributed by atoms with Crippen LogP contribution < -0.4 is 0 Å². The third-order valence-corrected chi connectivity index (χ3v) is 4.53.